The van der Waals surface area contributed by atoms with E-state index in [1.54, 1.807) is 17.1 Å². The summed E-state index contributed by atoms with van der Waals surface area (Å²) in [6.07, 6.45) is 4.02. The number of aromatic nitrogens is 4. The molecule has 1 aliphatic heterocycles. The number of aromatic amines is 1. The van der Waals surface area contributed by atoms with Gasteiger partial charge in [0.15, 0.2) is 0 Å². The Morgan fingerprint density at radius 3 is 2.76 bits per heavy atom. The van der Waals surface area contributed by atoms with Gasteiger partial charge in [-0.15, -0.1) is 0 Å². The standard InChI is InChI=1S/C26H26N4O4/c1-14-7-15(2)24-17(8-14)10-20-19(11-22(31)33-4)23-21(34-25(20)29-24)9-16(3)30(26(23)32)6-5-18-12-27-13-28-18/h7-10,12-13,19H,5-6,11H2,1-4H3,(H,27,28). The van der Waals surface area contributed by atoms with Gasteiger partial charge in [0.05, 0.1) is 30.9 Å². The van der Waals surface area contributed by atoms with Gasteiger partial charge in [0.1, 0.15) is 5.75 Å². The Morgan fingerprint density at radius 2 is 2.03 bits per heavy atom. The zero-order valence-electron chi connectivity index (χ0n) is 19.6. The van der Waals surface area contributed by atoms with Gasteiger partial charge in [-0.05, 0) is 38.5 Å². The van der Waals surface area contributed by atoms with Crippen LogP contribution in [0.3, 0.4) is 0 Å². The number of methoxy groups -OCH3 is 1. The van der Waals surface area contributed by atoms with Crippen molar-refractivity contribution in [2.45, 2.75) is 46.1 Å². The summed E-state index contributed by atoms with van der Waals surface area (Å²) in [6.45, 7) is 6.40. The van der Waals surface area contributed by atoms with Gasteiger partial charge in [-0.2, -0.15) is 0 Å². The summed E-state index contributed by atoms with van der Waals surface area (Å²) in [4.78, 5) is 38.1. The zero-order valence-corrected chi connectivity index (χ0v) is 19.6. The van der Waals surface area contributed by atoms with E-state index in [9.17, 15) is 9.59 Å². The van der Waals surface area contributed by atoms with Crippen LogP contribution in [0.2, 0.25) is 0 Å². The highest BCUT2D eigenvalue weighted by molar-refractivity contribution is 5.85. The molecule has 1 aliphatic rings. The van der Waals surface area contributed by atoms with Crippen LogP contribution in [0, 0.1) is 20.8 Å². The maximum Gasteiger partial charge on any atom is 0.306 e. The fourth-order valence-electron chi connectivity index (χ4n) is 4.80. The number of carbonyl (C=O) groups excluding carboxylic acids is 1. The van der Waals surface area contributed by atoms with E-state index in [1.807, 2.05) is 32.9 Å². The van der Waals surface area contributed by atoms with Crippen LogP contribution in [0.4, 0.5) is 0 Å². The number of H-pyrrole nitrogens is 1. The van der Waals surface area contributed by atoms with Crippen molar-refractivity contribution in [2.24, 2.45) is 0 Å². The molecule has 0 saturated carbocycles. The number of nitrogens with zero attached hydrogens (tertiary/aromatic N) is 3. The van der Waals surface area contributed by atoms with Gasteiger partial charge in [0.25, 0.3) is 5.56 Å². The molecule has 8 nitrogen and oxygen atoms in total. The summed E-state index contributed by atoms with van der Waals surface area (Å²) in [7, 11) is 1.35. The highest BCUT2D eigenvalue weighted by Gasteiger charge is 2.34. The molecule has 0 bridgehead atoms. The van der Waals surface area contributed by atoms with Crippen LogP contribution in [-0.2, 0) is 22.5 Å². The molecule has 5 rings (SSSR count). The number of fused-ring (bicyclic) bond motifs is 3. The maximum absolute atomic E-state index is 13.7. The van der Waals surface area contributed by atoms with Crippen molar-refractivity contribution >= 4 is 16.9 Å². The second-order valence-electron chi connectivity index (χ2n) is 8.82. The summed E-state index contributed by atoms with van der Waals surface area (Å²) in [5, 5.41) is 0.949. The van der Waals surface area contributed by atoms with Crippen LogP contribution in [0.15, 0.2) is 41.6 Å². The van der Waals surface area contributed by atoms with E-state index in [2.05, 4.69) is 22.1 Å². The number of nitrogens with one attached hydrogen (secondary N) is 1. The molecule has 1 N–H and O–H groups in total. The number of aryl methyl sites for hydroxylation is 4. The summed E-state index contributed by atoms with van der Waals surface area (Å²) in [6, 6.07) is 7.97. The summed E-state index contributed by atoms with van der Waals surface area (Å²) < 4.78 is 12.9. The SMILES string of the molecule is COC(=O)CC1c2cc3cc(C)cc(C)c3nc2Oc2cc(C)n(CCc3cnc[nH]3)c(=O)c21. The molecule has 0 fully saturated rings. The fourth-order valence-corrected chi connectivity index (χ4v) is 4.80. The van der Waals surface area contributed by atoms with Gasteiger partial charge in [-0.3, -0.25) is 9.59 Å². The second-order valence-corrected chi connectivity index (χ2v) is 8.82. The van der Waals surface area contributed by atoms with Crippen molar-refractivity contribution < 1.29 is 14.3 Å². The Hall–Kier alpha value is -3.94. The fraction of sp³-hybridized carbons (Fsp3) is 0.308. The van der Waals surface area contributed by atoms with Crippen molar-refractivity contribution in [1.82, 2.24) is 19.5 Å². The van der Waals surface area contributed by atoms with Crippen molar-refractivity contribution in [3.63, 3.8) is 0 Å². The third-order valence-corrected chi connectivity index (χ3v) is 6.44. The monoisotopic (exact) mass is 458 g/mol. The van der Waals surface area contributed by atoms with Crippen LogP contribution in [0.5, 0.6) is 11.6 Å². The predicted molar refractivity (Wildman–Crippen MR) is 127 cm³/mol. The molecule has 0 spiro atoms. The van der Waals surface area contributed by atoms with Gasteiger partial charge >= 0.3 is 5.97 Å². The summed E-state index contributed by atoms with van der Waals surface area (Å²) >= 11 is 0. The summed E-state index contributed by atoms with van der Waals surface area (Å²) in [5.74, 6) is -0.0445. The van der Waals surface area contributed by atoms with Crippen LogP contribution in [-0.4, -0.2) is 32.6 Å². The lowest BCUT2D eigenvalue weighted by Gasteiger charge is -2.28. The third-order valence-electron chi connectivity index (χ3n) is 6.44. The Balaban J connectivity index is 1.66. The van der Waals surface area contributed by atoms with E-state index in [-0.39, 0.29) is 12.0 Å². The number of rotatable bonds is 5. The number of hydrogen-bond donors (Lipinski definition) is 1. The molecule has 0 amide bonds. The average Bonchev–Trinajstić information content (AvgIpc) is 3.31. The van der Waals surface area contributed by atoms with Crippen molar-refractivity contribution in [1.29, 1.82) is 0 Å². The second kappa shape index (κ2) is 8.44. The van der Waals surface area contributed by atoms with E-state index < -0.39 is 11.9 Å². The highest BCUT2D eigenvalue weighted by Crippen LogP contribution is 2.45. The number of carbonyl (C=O) groups is 1. The molecule has 1 aromatic carbocycles. The average molecular weight is 459 g/mol. The molecule has 8 heteroatoms. The first kappa shape index (κ1) is 21.9. The lowest BCUT2D eigenvalue weighted by atomic mass is 9.86. The topological polar surface area (TPSA) is 99.1 Å². The van der Waals surface area contributed by atoms with E-state index in [0.717, 1.165) is 39.0 Å². The summed E-state index contributed by atoms with van der Waals surface area (Å²) in [5.41, 5.74) is 5.72. The van der Waals surface area contributed by atoms with Gasteiger partial charge in [-0.1, -0.05) is 11.6 Å². The molecular weight excluding hydrogens is 432 g/mol. The Labute approximate surface area is 196 Å². The molecule has 34 heavy (non-hydrogen) atoms. The largest absolute Gasteiger partial charge is 0.469 e. The number of ether oxygens (including phenoxy) is 2. The molecule has 4 heterocycles. The minimum atomic E-state index is -0.518. The quantitative estimate of drug-likeness (QED) is 0.452. The van der Waals surface area contributed by atoms with E-state index in [4.69, 9.17) is 14.5 Å². The minimum absolute atomic E-state index is 0.0245. The van der Waals surface area contributed by atoms with Crippen molar-refractivity contribution in [2.75, 3.05) is 7.11 Å². The van der Waals surface area contributed by atoms with Crippen LogP contribution in [0.1, 0.15) is 46.0 Å². The van der Waals surface area contributed by atoms with E-state index in [0.29, 0.717) is 30.2 Å². The van der Waals surface area contributed by atoms with Crippen LogP contribution in [0.25, 0.3) is 10.9 Å². The first-order valence-corrected chi connectivity index (χ1v) is 11.2. The molecular formula is C26H26N4O4. The van der Waals surface area contributed by atoms with Gasteiger partial charge < -0.3 is 19.0 Å². The maximum atomic E-state index is 13.7. The molecule has 0 aliphatic carbocycles. The molecule has 0 saturated heterocycles. The molecule has 3 aromatic heterocycles. The normalized spacial score (nSPS) is 14.4. The third kappa shape index (κ3) is 3.75. The first-order chi connectivity index (χ1) is 16.4. The Bertz CT molecular complexity index is 1470. The Kier molecular flexibility index (Phi) is 5.43. The lowest BCUT2D eigenvalue weighted by molar-refractivity contribution is -0.140. The molecule has 1 unspecified atom stereocenters. The Morgan fingerprint density at radius 1 is 1.21 bits per heavy atom. The molecule has 4 aromatic rings. The number of esters is 1. The molecule has 174 valence electrons. The number of imidazole rings is 1. The zero-order chi connectivity index (χ0) is 24.0. The first-order valence-electron chi connectivity index (χ1n) is 11.2. The minimum Gasteiger partial charge on any atom is -0.469 e. The van der Waals surface area contributed by atoms with Crippen molar-refractivity contribution in [3.8, 4) is 11.6 Å². The van der Waals surface area contributed by atoms with Gasteiger partial charge in [0, 0.05) is 53.5 Å². The smallest absolute Gasteiger partial charge is 0.306 e. The number of pyridine rings is 2. The van der Waals surface area contributed by atoms with Crippen LogP contribution < -0.4 is 10.3 Å². The lowest BCUT2D eigenvalue weighted by Crippen LogP contribution is -2.31. The number of benzene rings is 1. The molecule has 1 atom stereocenters. The van der Waals surface area contributed by atoms with Crippen LogP contribution >= 0.6 is 0 Å². The van der Waals surface area contributed by atoms with E-state index in [1.165, 1.54) is 7.11 Å². The highest BCUT2D eigenvalue weighted by atomic mass is 16.5. The predicted octanol–water partition coefficient (Wildman–Crippen LogP) is 4.09. The number of hydrogen-bond acceptors (Lipinski definition) is 6. The van der Waals surface area contributed by atoms with E-state index >= 15 is 0 Å². The van der Waals surface area contributed by atoms with Gasteiger partial charge in [0.2, 0.25) is 5.88 Å². The van der Waals surface area contributed by atoms with Crippen molar-refractivity contribution in [3.05, 3.63) is 80.8 Å². The van der Waals surface area contributed by atoms with Gasteiger partial charge in [-0.25, -0.2) is 9.97 Å². The molecule has 0 radical (unpaired) electrons.